The lowest BCUT2D eigenvalue weighted by molar-refractivity contribution is -0.134. The Morgan fingerprint density at radius 2 is 1.68 bits per heavy atom. The van der Waals surface area contributed by atoms with E-state index in [0.717, 1.165) is 95.4 Å². The van der Waals surface area contributed by atoms with Crippen LogP contribution in [-0.4, -0.2) is 88.1 Å². The van der Waals surface area contributed by atoms with E-state index >= 15 is 0 Å². The van der Waals surface area contributed by atoms with Crippen molar-refractivity contribution in [1.29, 1.82) is 0 Å². The first-order valence-corrected chi connectivity index (χ1v) is 20.5. The molecule has 1 atom stereocenters. The zero-order valence-corrected chi connectivity index (χ0v) is 33.4. The van der Waals surface area contributed by atoms with Crippen molar-refractivity contribution < 1.29 is 19.2 Å². The molecule has 2 saturated heterocycles. The van der Waals surface area contributed by atoms with E-state index in [2.05, 4.69) is 69.4 Å². The highest BCUT2D eigenvalue weighted by molar-refractivity contribution is 6.06. The van der Waals surface area contributed by atoms with E-state index in [9.17, 15) is 19.2 Å². The lowest BCUT2D eigenvalue weighted by Gasteiger charge is -2.34. The number of hydrogen-bond donors (Lipinski definition) is 1. The second kappa shape index (κ2) is 14.7. The van der Waals surface area contributed by atoms with Crippen LogP contribution in [0.25, 0.3) is 38.5 Å². The van der Waals surface area contributed by atoms with Crippen LogP contribution in [0.4, 0.5) is 5.69 Å². The van der Waals surface area contributed by atoms with Crippen LogP contribution in [0.2, 0.25) is 0 Å². The largest absolute Gasteiger partial charge is 0.370 e. The van der Waals surface area contributed by atoms with Gasteiger partial charge in [-0.25, -0.2) is 0 Å². The monoisotopic (exact) mass is 765 g/mol. The van der Waals surface area contributed by atoms with Gasteiger partial charge in [-0.15, -0.1) is 0 Å². The third kappa shape index (κ3) is 6.91. The molecule has 3 aliphatic heterocycles. The van der Waals surface area contributed by atoms with Gasteiger partial charge >= 0.3 is 0 Å². The quantitative estimate of drug-likeness (QED) is 0.173. The lowest BCUT2D eigenvalue weighted by atomic mass is 9.88. The second-order valence-corrected chi connectivity index (χ2v) is 16.8. The van der Waals surface area contributed by atoms with Crippen molar-refractivity contribution in [2.45, 2.75) is 70.3 Å². The molecule has 1 aliphatic carbocycles. The Bertz CT molecular complexity index is 2460. The normalized spacial score (nSPS) is 19.3. The molecule has 57 heavy (non-hydrogen) atoms. The Morgan fingerprint density at radius 1 is 0.912 bits per heavy atom. The van der Waals surface area contributed by atoms with Crippen LogP contribution in [0, 0.1) is 5.92 Å². The predicted molar refractivity (Wildman–Crippen MR) is 223 cm³/mol. The molecule has 0 spiro atoms. The minimum absolute atomic E-state index is 0.0216. The Labute approximate surface area is 333 Å². The summed E-state index contributed by atoms with van der Waals surface area (Å²) >= 11 is 0. The van der Waals surface area contributed by atoms with E-state index in [4.69, 9.17) is 5.10 Å². The van der Waals surface area contributed by atoms with Crippen molar-refractivity contribution in [3.8, 4) is 11.1 Å². The Morgan fingerprint density at radius 3 is 2.39 bits per heavy atom. The van der Waals surface area contributed by atoms with Gasteiger partial charge in [-0.1, -0.05) is 42.5 Å². The Hall–Kier alpha value is -5.71. The maximum atomic E-state index is 13.5. The maximum absolute atomic E-state index is 13.5. The predicted octanol–water partition coefficient (Wildman–Crippen LogP) is 6.85. The molecule has 1 N–H and O–H groups in total. The molecule has 4 aliphatic rings. The highest BCUT2D eigenvalue weighted by atomic mass is 16.2. The number of benzene rings is 3. The number of carbonyl (C=O) groups excluding carboxylic acids is 4. The Kier molecular flexibility index (Phi) is 9.49. The third-order valence-electron chi connectivity index (χ3n) is 12.7. The molecule has 0 radical (unpaired) electrons. The summed E-state index contributed by atoms with van der Waals surface area (Å²) in [6.07, 6.45) is 8.38. The van der Waals surface area contributed by atoms with Gasteiger partial charge in [0.15, 0.2) is 0 Å². The number of aromatic nitrogens is 3. The molecular weight excluding hydrogens is 715 g/mol. The molecule has 5 aromatic rings. The summed E-state index contributed by atoms with van der Waals surface area (Å²) in [7, 11) is 5.54. The van der Waals surface area contributed by atoms with Crippen LogP contribution >= 0.6 is 0 Å². The number of hydrogen-bond acceptors (Lipinski definition) is 6. The number of para-hydroxylation sites is 1. The minimum atomic E-state index is -0.431. The molecule has 5 heterocycles. The highest BCUT2D eigenvalue weighted by Crippen LogP contribution is 2.41. The van der Waals surface area contributed by atoms with Gasteiger partial charge in [0.05, 0.1) is 28.3 Å². The fourth-order valence-corrected chi connectivity index (χ4v) is 9.43. The first kappa shape index (κ1) is 36.9. The van der Waals surface area contributed by atoms with E-state index < -0.39 is 5.92 Å². The standard InChI is InChI=1S/C46H51N7O4/c1-28(54)52-20-6-7-33(27-52)40-25-34-23-35(46(57)49(2)3)24-38(43(34)53(40)26-29-10-11-29)32-14-12-30(13-15-32)31-18-21-51(22-19-31)39-9-5-8-36-42(48-50(4)44(36)39)37-16-17-41(55)47-45(37)56/h5,7-9,12-15,23-25,29,31,37H,6,10-11,16-22,26-27H2,1-4H3,(H,47,55,56). The average Bonchev–Trinajstić information content (AvgIpc) is 3.88. The van der Waals surface area contributed by atoms with E-state index in [1.165, 1.54) is 24.0 Å². The summed E-state index contributed by atoms with van der Waals surface area (Å²) in [5, 5.41) is 9.33. The van der Waals surface area contributed by atoms with E-state index in [1.54, 1.807) is 25.9 Å². The number of carbonyl (C=O) groups is 4. The van der Waals surface area contributed by atoms with Crippen LogP contribution in [0.5, 0.6) is 0 Å². The molecule has 1 saturated carbocycles. The molecule has 0 bridgehead atoms. The lowest BCUT2D eigenvalue weighted by Crippen LogP contribution is -2.39. The topological polar surface area (TPSA) is 113 Å². The minimum Gasteiger partial charge on any atom is -0.370 e. The van der Waals surface area contributed by atoms with Crippen molar-refractivity contribution in [1.82, 2.24) is 29.5 Å². The summed E-state index contributed by atoms with van der Waals surface area (Å²) in [6, 6.07) is 21.6. The number of piperidine rings is 2. The van der Waals surface area contributed by atoms with Crippen molar-refractivity contribution >= 4 is 56.7 Å². The number of anilines is 1. The summed E-state index contributed by atoms with van der Waals surface area (Å²) < 4.78 is 4.37. The average molecular weight is 766 g/mol. The summed E-state index contributed by atoms with van der Waals surface area (Å²) in [4.78, 5) is 56.5. The molecular formula is C46H51N7O4. The zero-order valence-electron chi connectivity index (χ0n) is 33.4. The molecule has 11 heteroatoms. The van der Waals surface area contributed by atoms with Gasteiger partial charge in [-0.3, -0.25) is 29.2 Å². The van der Waals surface area contributed by atoms with Gasteiger partial charge in [-0.2, -0.15) is 5.10 Å². The van der Waals surface area contributed by atoms with Crippen molar-refractivity contribution in [2.75, 3.05) is 45.2 Å². The van der Waals surface area contributed by atoms with E-state index in [1.807, 2.05) is 28.8 Å². The fourth-order valence-electron chi connectivity index (χ4n) is 9.43. The number of amides is 4. The molecule has 2 aromatic heterocycles. The molecule has 4 amide bonds. The van der Waals surface area contributed by atoms with E-state index in [-0.39, 0.29) is 23.6 Å². The fraction of sp³-hybridized carbons (Fsp3) is 0.413. The first-order chi connectivity index (χ1) is 27.5. The third-order valence-corrected chi connectivity index (χ3v) is 12.7. The van der Waals surface area contributed by atoms with Gasteiger partial charge in [0.1, 0.15) is 0 Å². The highest BCUT2D eigenvalue weighted by Gasteiger charge is 2.33. The van der Waals surface area contributed by atoms with Crippen LogP contribution < -0.4 is 10.2 Å². The molecule has 1 unspecified atom stereocenters. The number of nitrogens with one attached hydrogen (secondary N) is 1. The van der Waals surface area contributed by atoms with Crippen molar-refractivity contribution in [3.05, 3.63) is 89.3 Å². The second-order valence-electron chi connectivity index (χ2n) is 16.8. The van der Waals surface area contributed by atoms with Crippen LogP contribution in [0.3, 0.4) is 0 Å². The molecule has 3 fully saturated rings. The van der Waals surface area contributed by atoms with Crippen LogP contribution in [0.1, 0.15) is 91.0 Å². The number of fused-ring (bicyclic) bond motifs is 2. The van der Waals surface area contributed by atoms with Gasteiger partial charge in [0.25, 0.3) is 5.91 Å². The zero-order chi connectivity index (χ0) is 39.5. The molecule has 294 valence electrons. The molecule has 3 aromatic carbocycles. The van der Waals surface area contributed by atoms with Gasteiger partial charge in [-0.05, 0) is 91.3 Å². The first-order valence-electron chi connectivity index (χ1n) is 20.5. The SMILES string of the molecule is CC(=O)N1CCC=C(c2cc3cc(C(=O)N(C)C)cc(-c4ccc(C5CCN(c6cccc7c(C8CCC(=O)NC8=O)nn(C)c67)CC5)cc4)c3n2CC2CC2)C1. The number of nitrogens with zero attached hydrogens (tertiary/aromatic N) is 6. The number of imide groups is 1. The van der Waals surface area contributed by atoms with Crippen LogP contribution in [-0.2, 0) is 28.0 Å². The summed E-state index contributed by atoms with van der Waals surface area (Å²) in [6.45, 7) is 5.71. The molecule has 9 rings (SSSR count). The number of aryl methyl sites for hydroxylation is 1. The van der Waals surface area contributed by atoms with Gasteiger partial charge < -0.3 is 19.3 Å². The van der Waals surface area contributed by atoms with Gasteiger partial charge in [0.2, 0.25) is 17.7 Å². The van der Waals surface area contributed by atoms with Crippen molar-refractivity contribution in [3.63, 3.8) is 0 Å². The number of rotatable bonds is 8. The van der Waals surface area contributed by atoms with E-state index in [0.29, 0.717) is 36.8 Å². The van der Waals surface area contributed by atoms with Gasteiger partial charge in [0, 0.05) is 94.8 Å². The smallest absolute Gasteiger partial charge is 0.253 e. The van der Waals surface area contributed by atoms with Crippen molar-refractivity contribution in [2.24, 2.45) is 13.0 Å². The summed E-state index contributed by atoms with van der Waals surface area (Å²) in [5.74, 6) is 0.207. The molecule has 11 nitrogen and oxygen atoms in total. The Balaban J connectivity index is 1.000. The maximum Gasteiger partial charge on any atom is 0.253 e. The summed E-state index contributed by atoms with van der Waals surface area (Å²) in [5.41, 5.74) is 10.5. The van der Waals surface area contributed by atoms with Crippen LogP contribution in [0.15, 0.2) is 66.7 Å².